The molecule has 4 nitrogen and oxygen atoms in total. The molecule has 0 aliphatic carbocycles. The summed E-state index contributed by atoms with van der Waals surface area (Å²) in [5.41, 5.74) is 0. The van der Waals surface area contributed by atoms with Crippen molar-refractivity contribution in [1.82, 2.24) is 5.32 Å². The van der Waals surface area contributed by atoms with E-state index >= 15 is 0 Å². The number of rotatable bonds is 15. The van der Waals surface area contributed by atoms with Gasteiger partial charge in [0.25, 0.3) is 0 Å². The summed E-state index contributed by atoms with van der Waals surface area (Å²) in [6.45, 7) is 6.05. The van der Waals surface area contributed by atoms with Crippen LogP contribution in [0.2, 0.25) is 0 Å². The van der Waals surface area contributed by atoms with Crippen LogP contribution in [-0.4, -0.2) is 24.0 Å². The van der Waals surface area contributed by atoms with Crippen LogP contribution in [0.15, 0.2) is 24.3 Å². The maximum atomic E-state index is 12.0. The number of hydrogen-bond donors (Lipinski definition) is 1. The predicted molar refractivity (Wildman–Crippen MR) is 116 cm³/mol. The summed E-state index contributed by atoms with van der Waals surface area (Å²) in [6.07, 6.45) is 22.4. The van der Waals surface area contributed by atoms with Gasteiger partial charge in [0.05, 0.1) is 0 Å². The predicted octanol–water partition coefficient (Wildman–Crippen LogP) is 5.87. The highest BCUT2D eigenvalue weighted by molar-refractivity contribution is 5.86. The van der Waals surface area contributed by atoms with Crippen LogP contribution < -0.4 is 5.32 Å². The highest BCUT2D eigenvalue weighted by atomic mass is 16.6. The second-order valence-electron chi connectivity index (χ2n) is 8.03. The van der Waals surface area contributed by atoms with E-state index in [9.17, 15) is 9.59 Å². The lowest BCUT2D eigenvalue weighted by atomic mass is 10.00. The first kappa shape index (κ1) is 24.5. The number of unbranched alkanes of at least 4 members (excludes halogenated alkanes) is 8. The van der Waals surface area contributed by atoms with Gasteiger partial charge in [-0.2, -0.15) is 0 Å². The number of carbonyl (C=O) groups is 2. The SMILES string of the molecule is CCCCC/C=C\C/C=C/CCCCCCCC(=O)N[C@H]1C(=O)O[C@@H](C)[C@@H]1C. The Morgan fingerprint density at radius 1 is 0.929 bits per heavy atom. The molecule has 1 amide bonds. The Labute approximate surface area is 172 Å². The Hall–Kier alpha value is -1.58. The van der Waals surface area contributed by atoms with Crippen LogP contribution in [0.4, 0.5) is 0 Å². The lowest BCUT2D eigenvalue weighted by Gasteiger charge is -2.14. The molecule has 1 saturated heterocycles. The molecule has 0 radical (unpaired) electrons. The van der Waals surface area contributed by atoms with Crippen LogP contribution in [-0.2, 0) is 14.3 Å². The number of nitrogens with one attached hydrogen (secondary N) is 1. The number of allylic oxidation sites excluding steroid dienone is 4. The molecule has 1 heterocycles. The summed E-state index contributed by atoms with van der Waals surface area (Å²) in [7, 11) is 0. The van der Waals surface area contributed by atoms with Gasteiger partial charge in [-0.15, -0.1) is 0 Å². The summed E-state index contributed by atoms with van der Waals surface area (Å²) < 4.78 is 5.16. The van der Waals surface area contributed by atoms with E-state index in [1.165, 1.54) is 38.5 Å². The minimum Gasteiger partial charge on any atom is -0.461 e. The van der Waals surface area contributed by atoms with Gasteiger partial charge in [-0.05, 0) is 45.4 Å². The molecule has 0 bridgehead atoms. The smallest absolute Gasteiger partial charge is 0.329 e. The molecule has 1 aliphatic heterocycles. The van der Waals surface area contributed by atoms with Gasteiger partial charge in [0, 0.05) is 12.3 Å². The molecule has 0 aromatic rings. The van der Waals surface area contributed by atoms with Gasteiger partial charge in [-0.3, -0.25) is 4.79 Å². The molecule has 1 aliphatic rings. The van der Waals surface area contributed by atoms with Gasteiger partial charge in [-0.1, -0.05) is 70.3 Å². The number of cyclic esters (lactones) is 1. The molecule has 28 heavy (non-hydrogen) atoms. The van der Waals surface area contributed by atoms with Crippen molar-refractivity contribution in [2.75, 3.05) is 0 Å². The number of carbonyl (C=O) groups excluding carboxylic acids is 2. The number of ether oxygens (including phenoxy) is 1. The third kappa shape index (κ3) is 10.7. The second-order valence-corrected chi connectivity index (χ2v) is 8.03. The number of amides is 1. The van der Waals surface area contributed by atoms with E-state index in [2.05, 4.69) is 36.5 Å². The highest BCUT2D eigenvalue weighted by Crippen LogP contribution is 2.21. The molecule has 0 aromatic carbocycles. The van der Waals surface area contributed by atoms with Crippen molar-refractivity contribution >= 4 is 11.9 Å². The fourth-order valence-corrected chi connectivity index (χ4v) is 3.38. The Kier molecular flexibility index (Phi) is 13.4. The zero-order valence-corrected chi connectivity index (χ0v) is 18.3. The van der Waals surface area contributed by atoms with E-state index in [1.807, 2.05) is 13.8 Å². The molecule has 1 N–H and O–H groups in total. The maximum absolute atomic E-state index is 12.0. The third-order valence-electron chi connectivity index (χ3n) is 5.49. The molecule has 0 spiro atoms. The average Bonchev–Trinajstić information content (AvgIpc) is 2.91. The Morgan fingerprint density at radius 3 is 2.14 bits per heavy atom. The molecule has 3 atom stereocenters. The third-order valence-corrected chi connectivity index (χ3v) is 5.49. The van der Waals surface area contributed by atoms with Crippen molar-refractivity contribution in [3.8, 4) is 0 Å². The number of esters is 1. The quantitative estimate of drug-likeness (QED) is 0.216. The van der Waals surface area contributed by atoms with Crippen molar-refractivity contribution in [3.63, 3.8) is 0 Å². The average molecular weight is 392 g/mol. The summed E-state index contributed by atoms with van der Waals surface area (Å²) in [5.74, 6) is -0.289. The van der Waals surface area contributed by atoms with Crippen LogP contribution >= 0.6 is 0 Å². The standard InChI is InChI=1S/C24H41NO3/c1-4-5-6-7-8-9-10-11-12-13-14-15-16-17-18-19-22(26)25-23-20(2)21(3)28-24(23)27/h8-9,11-12,20-21,23H,4-7,10,13-19H2,1-3H3,(H,25,26)/b9-8-,12-11+/t20-,21-,23+/m0/s1. The zero-order chi connectivity index (χ0) is 20.6. The molecule has 160 valence electrons. The summed E-state index contributed by atoms with van der Waals surface area (Å²) in [4.78, 5) is 23.7. The lowest BCUT2D eigenvalue weighted by molar-refractivity contribution is -0.143. The molecule has 1 rings (SSSR count). The zero-order valence-electron chi connectivity index (χ0n) is 18.3. The molecule has 4 heteroatoms. The van der Waals surface area contributed by atoms with Crippen LogP contribution in [0.25, 0.3) is 0 Å². The Balaban J connectivity index is 1.93. The normalized spacial score (nSPS) is 22.2. The lowest BCUT2D eigenvalue weighted by Crippen LogP contribution is -2.41. The molecular formula is C24H41NO3. The topological polar surface area (TPSA) is 55.4 Å². The molecule has 0 aromatic heterocycles. The monoisotopic (exact) mass is 391 g/mol. The highest BCUT2D eigenvalue weighted by Gasteiger charge is 2.40. The van der Waals surface area contributed by atoms with Crippen LogP contribution in [0, 0.1) is 5.92 Å². The van der Waals surface area contributed by atoms with Gasteiger partial charge >= 0.3 is 5.97 Å². The van der Waals surface area contributed by atoms with Crippen LogP contribution in [0.1, 0.15) is 97.8 Å². The first-order chi connectivity index (χ1) is 13.6. The van der Waals surface area contributed by atoms with E-state index in [0.717, 1.165) is 32.1 Å². The van der Waals surface area contributed by atoms with Gasteiger partial charge < -0.3 is 10.1 Å². The van der Waals surface area contributed by atoms with Crippen molar-refractivity contribution in [3.05, 3.63) is 24.3 Å². The minimum atomic E-state index is -0.472. The van der Waals surface area contributed by atoms with E-state index in [-0.39, 0.29) is 23.9 Å². The molecule has 0 unspecified atom stereocenters. The van der Waals surface area contributed by atoms with Gasteiger partial charge in [-0.25, -0.2) is 4.79 Å². The Morgan fingerprint density at radius 2 is 1.54 bits per heavy atom. The van der Waals surface area contributed by atoms with E-state index in [0.29, 0.717) is 6.42 Å². The first-order valence-electron chi connectivity index (χ1n) is 11.4. The first-order valence-corrected chi connectivity index (χ1v) is 11.4. The van der Waals surface area contributed by atoms with Gasteiger partial charge in [0.1, 0.15) is 12.1 Å². The Bertz CT molecular complexity index is 498. The minimum absolute atomic E-state index is 0.0337. The van der Waals surface area contributed by atoms with Crippen molar-refractivity contribution in [1.29, 1.82) is 0 Å². The van der Waals surface area contributed by atoms with Crippen LogP contribution in [0.3, 0.4) is 0 Å². The fourth-order valence-electron chi connectivity index (χ4n) is 3.38. The second kappa shape index (κ2) is 15.4. The largest absolute Gasteiger partial charge is 0.461 e. The van der Waals surface area contributed by atoms with Crippen molar-refractivity contribution < 1.29 is 14.3 Å². The molecule has 0 saturated carbocycles. The van der Waals surface area contributed by atoms with Crippen LogP contribution in [0.5, 0.6) is 0 Å². The van der Waals surface area contributed by atoms with Crippen molar-refractivity contribution in [2.45, 2.75) is 110 Å². The fraction of sp³-hybridized carbons (Fsp3) is 0.750. The summed E-state index contributed by atoms with van der Waals surface area (Å²) in [5, 5.41) is 2.83. The van der Waals surface area contributed by atoms with Crippen molar-refractivity contribution in [2.24, 2.45) is 5.92 Å². The molecule has 1 fully saturated rings. The maximum Gasteiger partial charge on any atom is 0.329 e. The van der Waals surface area contributed by atoms with Gasteiger partial charge in [0.2, 0.25) is 5.91 Å². The van der Waals surface area contributed by atoms with E-state index in [1.54, 1.807) is 0 Å². The summed E-state index contributed by atoms with van der Waals surface area (Å²) >= 11 is 0. The molecular weight excluding hydrogens is 350 g/mol. The van der Waals surface area contributed by atoms with E-state index < -0.39 is 6.04 Å². The van der Waals surface area contributed by atoms with E-state index in [4.69, 9.17) is 4.74 Å². The van der Waals surface area contributed by atoms with Gasteiger partial charge in [0.15, 0.2) is 0 Å². The summed E-state index contributed by atoms with van der Waals surface area (Å²) in [6, 6.07) is -0.472. The number of hydrogen-bond acceptors (Lipinski definition) is 3.